The molecule has 0 aliphatic heterocycles. The van der Waals surface area contributed by atoms with E-state index in [-0.39, 0.29) is 11.7 Å². The second-order valence-corrected chi connectivity index (χ2v) is 3.59. The van der Waals surface area contributed by atoms with Crippen molar-refractivity contribution in [1.29, 1.82) is 0 Å². The van der Waals surface area contributed by atoms with Crippen LogP contribution in [0.25, 0.3) is 0 Å². The third-order valence-corrected chi connectivity index (χ3v) is 2.45. The lowest BCUT2D eigenvalue weighted by Gasteiger charge is -2.15. The van der Waals surface area contributed by atoms with Gasteiger partial charge in [0.25, 0.3) is 0 Å². The highest BCUT2D eigenvalue weighted by molar-refractivity contribution is 5.40. The average Bonchev–Trinajstić information content (AvgIpc) is 2.25. The van der Waals surface area contributed by atoms with E-state index in [4.69, 9.17) is 10.5 Å². The van der Waals surface area contributed by atoms with Gasteiger partial charge in [0, 0.05) is 0 Å². The smallest absolute Gasteiger partial charge is 0.419 e. The van der Waals surface area contributed by atoms with Gasteiger partial charge in [-0.25, -0.2) is 0 Å². The van der Waals surface area contributed by atoms with Crippen molar-refractivity contribution in [2.24, 2.45) is 5.73 Å². The van der Waals surface area contributed by atoms with Crippen molar-refractivity contribution in [1.82, 2.24) is 0 Å². The minimum absolute atomic E-state index is 0.0104. The molecule has 0 bridgehead atoms. The SMILES string of the molecule is COc1cc(C(C)CN)ccc1C(F)(F)F. The Morgan fingerprint density at radius 3 is 2.44 bits per heavy atom. The number of rotatable bonds is 3. The largest absolute Gasteiger partial charge is 0.496 e. The number of hydrogen-bond acceptors (Lipinski definition) is 2. The van der Waals surface area contributed by atoms with Crippen molar-refractivity contribution in [3.05, 3.63) is 29.3 Å². The monoisotopic (exact) mass is 233 g/mol. The van der Waals surface area contributed by atoms with Crippen LogP contribution in [0.4, 0.5) is 13.2 Å². The molecular weight excluding hydrogens is 219 g/mol. The van der Waals surface area contributed by atoms with E-state index in [0.717, 1.165) is 11.6 Å². The van der Waals surface area contributed by atoms with E-state index >= 15 is 0 Å². The number of ether oxygens (including phenoxy) is 1. The van der Waals surface area contributed by atoms with Crippen LogP contribution < -0.4 is 10.5 Å². The number of hydrogen-bond donors (Lipinski definition) is 1. The molecule has 0 fully saturated rings. The third-order valence-electron chi connectivity index (χ3n) is 2.45. The average molecular weight is 233 g/mol. The Morgan fingerprint density at radius 1 is 1.38 bits per heavy atom. The summed E-state index contributed by atoms with van der Waals surface area (Å²) in [6.07, 6.45) is -4.39. The van der Waals surface area contributed by atoms with E-state index in [9.17, 15) is 13.2 Å². The Kier molecular flexibility index (Phi) is 3.80. The molecule has 90 valence electrons. The summed E-state index contributed by atoms with van der Waals surface area (Å²) in [5.41, 5.74) is 5.44. The number of methoxy groups -OCH3 is 1. The summed E-state index contributed by atoms with van der Waals surface area (Å²) >= 11 is 0. The standard InChI is InChI=1S/C11H14F3NO/c1-7(6-15)8-3-4-9(11(12,13)14)10(5-8)16-2/h3-5,7H,6,15H2,1-2H3. The second-order valence-electron chi connectivity index (χ2n) is 3.59. The van der Waals surface area contributed by atoms with Crippen LogP contribution in [0.3, 0.4) is 0 Å². The predicted octanol–water partition coefficient (Wildman–Crippen LogP) is 2.78. The van der Waals surface area contributed by atoms with Gasteiger partial charge in [-0.15, -0.1) is 0 Å². The van der Waals surface area contributed by atoms with Crippen molar-refractivity contribution in [2.75, 3.05) is 13.7 Å². The first kappa shape index (κ1) is 12.8. The lowest BCUT2D eigenvalue weighted by atomic mass is 9.99. The lowest BCUT2D eigenvalue weighted by molar-refractivity contribution is -0.138. The van der Waals surface area contributed by atoms with Crippen LogP contribution in [-0.2, 0) is 6.18 Å². The van der Waals surface area contributed by atoms with E-state index in [0.29, 0.717) is 6.54 Å². The molecule has 0 spiro atoms. The first-order valence-corrected chi connectivity index (χ1v) is 4.85. The Balaban J connectivity index is 3.17. The van der Waals surface area contributed by atoms with Gasteiger partial charge in [-0.05, 0) is 30.2 Å². The molecule has 16 heavy (non-hydrogen) atoms. The number of benzene rings is 1. The minimum Gasteiger partial charge on any atom is -0.496 e. The maximum Gasteiger partial charge on any atom is 0.419 e. The topological polar surface area (TPSA) is 35.2 Å². The molecular formula is C11H14F3NO. The van der Waals surface area contributed by atoms with Gasteiger partial charge in [0.05, 0.1) is 12.7 Å². The van der Waals surface area contributed by atoms with E-state index in [1.54, 1.807) is 0 Å². The maximum atomic E-state index is 12.5. The molecule has 0 amide bonds. The van der Waals surface area contributed by atoms with E-state index in [1.165, 1.54) is 19.2 Å². The van der Waals surface area contributed by atoms with Gasteiger partial charge < -0.3 is 10.5 Å². The quantitative estimate of drug-likeness (QED) is 0.871. The van der Waals surface area contributed by atoms with Crippen LogP contribution in [0.15, 0.2) is 18.2 Å². The fraction of sp³-hybridized carbons (Fsp3) is 0.455. The van der Waals surface area contributed by atoms with Crippen LogP contribution in [-0.4, -0.2) is 13.7 Å². The zero-order chi connectivity index (χ0) is 12.3. The molecule has 0 aliphatic carbocycles. The predicted molar refractivity (Wildman–Crippen MR) is 55.5 cm³/mol. The summed E-state index contributed by atoms with van der Waals surface area (Å²) in [7, 11) is 1.22. The van der Waals surface area contributed by atoms with Crippen LogP contribution >= 0.6 is 0 Å². The summed E-state index contributed by atoms with van der Waals surface area (Å²) in [6, 6.07) is 3.85. The molecule has 5 heteroatoms. The van der Waals surface area contributed by atoms with Crippen LogP contribution in [0.1, 0.15) is 24.0 Å². The van der Waals surface area contributed by atoms with Crippen molar-refractivity contribution in [3.63, 3.8) is 0 Å². The van der Waals surface area contributed by atoms with Gasteiger partial charge in [0.15, 0.2) is 0 Å². The fourth-order valence-corrected chi connectivity index (χ4v) is 1.38. The highest BCUT2D eigenvalue weighted by Crippen LogP contribution is 2.37. The van der Waals surface area contributed by atoms with E-state index < -0.39 is 11.7 Å². The molecule has 0 heterocycles. The summed E-state index contributed by atoms with van der Waals surface area (Å²) in [5, 5.41) is 0. The molecule has 0 saturated carbocycles. The summed E-state index contributed by atoms with van der Waals surface area (Å²) in [4.78, 5) is 0. The lowest BCUT2D eigenvalue weighted by Crippen LogP contribution is -2.11. The first-order valence-electron chi connectivity index (χ1n) is 4.85. The van der Waals surface area contributed by atoms with Gasteiger partial charge in [-0.2, -0.15) is 13.2 Å². The van der Waals surface area contributed by atoms with Gasteiger partial charge in [-0.1, -0.05) is 13.0 Å². The van der Waals surface area contributed by atoms with Gasteiger partial charge in [-0.3, -0.25) is 0 Å². The normalized spacial score (nSPS) is 13.6. The van der Waals surface area contributed by atoms with Gasteiger partial charge in [0.1, 0.15) is 5.75 Å². The van der Waals surface area contributed by atoms with Crippen molar-refractivity contribution < 1.29 is 17.9 Å². The molecule has 0 aromatic heterocycles. The van der Waals surface area contributed by atoms with Crippen molar-refractivity contribution in [2.45, 2.75) is 19.0 Å². The molecule has 1 rings (SSSR count). The van der Waals surface area contributed by atoms with Gasteiger partial charge in [0.2, 0.25) is 0 Å². The highest BCUT2D eigenvalue weighted by atomic mass is 19.4. The van der Waals surface area contributed by atoms with Crippen molar-refractivity contribution in [3.8, 4) is 5.75 Å². The number of nitrogens with two attached hydrogens (primary N) is 1. The molecule has 0 saturated heterocycles. The molecule has 0 aliphatic rings. The summed E-state index contributed by atoms with van der Waals surface area (Å²) < 4.78 is 42.4. The van der Waals surface area contributed by atoms with Crippen LogP contribution in [0, 0.1) is 0 Å². The first-order chi connectivity index (χ1) is 7.40. The Morgan fingerprint density at radius 2 is 2.00 bits per heavy atom. The zero-order valence-electron chi connectivity index (χ0n) is 9.14. The van der Waals surface area contributed by atoms with Crippen molar-refractivity contribution >= 4 is 0 Å². The highest BCUT2D eigenvalue weighted by Gasteiger charge is 2.34. The Hall–Kier alpha value is -1.23. The minimum atomic E-state index is -4.39. The van der Waals surface area contributed by atoms with E-state index in [2.05, 4.69) is 0 Å². The summed E-state index contributed by atoms with van der Waals surface area (Å²) in [6.45, 7) is 2.23. The van der Waals surface area contributed by atoms with Crippen LogP contribution in [0.5, 0.6) is 5.75 Å². The number of alkyl halides is 3. The molecule has 2 N–H and O–H groups in total. The van der Waals surface area contributed by atoms with Gasteiger partial charge >= 0.3 is 6.18 Å². The molecule has 1 aromatic carbocycles. The molecule has 1 atom stereocenters. The molecule has 2 nitrogen and oxygen atoms in total. The summed E-state index contributed by atoms with van der Waals surface area (Å²) in [5.74, 6) is -0.151. The molecule has 1 unspecified atom stereocenters. The Bertz CT molecular complexity index is 363. The van der Waals surface area contributed by atoms with Crippen LogP contribution in [0.2, 0.25) is 0 Å². The van der Waals surface area contributed by atoms with E-state index in [1.807, 2.05) is 6.92 Å². The Labute approximate surface area is 92.2 Å². The zero-order valence-corrected chi connectivity index (χ0v) is 9.14. The molecule has 0 radical (unpaired) electrons. The maximum absolute atomic E-state index is 12.5. The molecule has 1 aromatic rings. The number of halogens is 3. The fourth-order valence-electron chi connectivity index (χ4n) is 1.38. The second kappa shape index (κ2) is 4.74. The third kappa shape index (κ3) is 2.66.